The molecule has 0 aliphatic carbocycles. The molecular weight excluding hydrogens is 172 g/mol. The molecule has 0 unspecified atom stereocenters. The fraction of sp³-hybridized carbons (Fsp3) is 0.875. The van der Waals surface area contributed by atoms with Gasteiger partial charge in [-0.15, -0.1) is 0 Å². The minimum absolute atomic E-state index is 0.283. The SMILES string of the molecule is NCCSCC(=O)N1CCCC1. The maximum absolute atomic E-state index is 11.4. The van der Waals surface area contributed by atoms with Crippen molar-refractivity contribution < 1.29 is 4.79 Å². The van der Waals surface area contributed by atoms with E-state index in [1.807, 2.05) is 4.90 Å². The van der Waals surface area contributed by atoms with Gasteiger partial charge >= 0.3 is 0 Å². The first kappa shape index (κ1) is 9.86. The molecule has 1 fully saturated rings. The van der Waals surface area contributed by atoms with E-state index in [9.17, 15) is 4.79 Å². The van der Waals surface area contributed by atoms with E-state index < -0.39 is 0 Å². The molecule has 0 radical (unpaired) electrons. The normalized spacial score (nSPS) is 16.9. The van der Waals surface area contributed by atoms with Crippen molar-refractivity contribution in [2.75, 3.05) is 31.1 Å². The molecule has 2 N–H and O–H groups in total. The van der Waals surface area contributed by atoms with Crippen LogP contribution < -0.4 is 5.73 Å². The van der Waals surface area contributed by atoms with E-state index in [4.69, 9.17) is 5.73 Å². The van der Waals surface area contributed by atoms with Gasteiger partial charge in [0.2, 0.25) is 5.91 Å². The van der Waals surface area contributed by atoms with E-state index >= 15 is 0 Å². The smallest absolute Gasteiger partial charge is 0.232 e. The Kier molecular flexibility index (Phi) is 4.46. The van der Waals surface area contributed by atoms with Gasteiger partial charge in [-0.05, 0) is 12.8 Å². The molecule has 1 amide bonds. The second kappa shape index (κ2) is 5.43. The molecule has 1 saturated heterocycles. The number of hydrogen-bond acceptors (Lipinski definition) is 3. The van der Waals surface area contributed by atoms with Crippen molar-refractivity contribution in [3.05, 3.63) is 0 Å². The largest absolute Gasteiger partial charge is 0.342 e. The number of amides is 1. The van der Waals surface area contributed by atoms with Crippen LogP contribution in [0.2, 0.25) is 0 Å². The van der Waals surface area contributed by atoms with Gasteiger partial charge in [-0.1, -0.05) is 0 Å². The number of thioether (sulfide) groups is 1. The van der Waals surface area contributed by atoms with Crippen LogP contribution >= 0.6 is 11.8 Å². The maximum Gasteiger partial charge on any atom is 0.232 e. The molecule has 1 aliphatic rings. The topological polar surface area (TPSA) is 46.3 Å². The van der Waals surface area contributed by atoms with Gasteiger partial charge in [0.25, 0.3) is 0 Å². The van der Waals surface area contributed by atoms with Crippen LogP contribution in [0.5, 0.6) is 0 Å². The van der Waals surface area contributed by atoms with E-state index in [0.717, 1.165) is 18.8 Å². The van der Waals surface area contributed by atoms with Crippen LogP contribution in [0.15, 0.2) is 0 Å². The Labute approximate surface area is 77.7 Å². The first-order valence-electron chi connectivity index (χ1n) is 4.40. The highest BCUT2D eigenvalue weighted by Crippen LogP contribution is 2.09. The molecule has 0 aromatic rings. The zero-order valence-corrected chi connectivity index (χ0v) is 8.11. The van der Waals surface area contributed by atoms with Crippen LogP contribution in [0.25, 0.3) is 0 Å². The monoisotopic (exact) mass is 188 g/mol. The molecule has 1 rings (SSSR count). The summed E-state index contributed by atoms with van der Waals surface area (Å²) in [4.78, 5) is 13.3. The Bertz CT molecular complexity index is 146. The summed E-state index contributed by atoms with van der Waals surface area (Å²) in [5.41, 5.74) is 5.32. The number of rotatable bonds is 4. The van der Waals surface area contributed by atoms with Crippen LogP contribution in [0, 0.1) is 0 Å². The van der Waals surface area contributed by atoms with Crippen LogP contribution in [-0.4, -0.2) is 41.9 Å². The highest BCUT2D eigenvalue weighted by molar-refractivity contribution is 7.99. The third-order valence-corrected chi connectivity index (χ3v) is 2.92. The summed E-state index contributed by atoms with van der Waals surface area (Å²) in [6.07, 6.45) is 2.35. The summed E-state index contributed by atoms with van der Waals surface area (Å²) >= 11 is 1.63. The van der Waals surface area contributed by atoms with Crippen molar-refractivity contribution in [3.63, 3.8) is 0 Å². The van der Waals surface area contributed by atoms with Gasteiger partial charge in [-0.25, -0.2) is 0 Å². The second-order valence-corrected chi connectivity index (χ2v) is 4.03. The highest BCUT2D eigenvalue weighted by atomic mass is 32.2. The van der Waals surface area contributed by atoms with Crippen LogP contribution in [0.4, 0.5) is 0 Å². The van der Waals surface area contributed by atoms with Crippen LogP contribution in [0.1, 0.15) is 12.8 Å². The fourth-order valence-electron chi connectivity index (χ4n) is 1.30. The molecule has 0 saturated carbocycles. The van der Waals surface area contributed by atoms with Crippen molar-refractivity contribution in [2.24, 2.45) is 5.73 Å². The molecule has 0 aromatic carbocycles. The fourth-order valence-corrected chi connectivity index (χ4v) is 1.97. The lowest BCUT2D eigenvalue weighted by Crippen LogP contribution is -2.29. The quantitative estimate of drug-likeness (QED) is 0.645. The lowest BCUT2D eigenvalue weighted by molar-refractivity contribution is -0.127. The van der Waals surface area contributed by atoms with Crippen LogP contribution in [-0.2, 0) is 4.79 Å². The van der Waals surface area contributed by atoms with Crippen molar-refractivity contribution in [1.29, 1.82) is 0 Å². The zero-order valence-electron chi connectivity index (χ0n) is 7.29. The molecule has 70 valence electrons. The molecule has 3 nitrogen and oxygen atoms in total. The third-order valence-electron chi connectivity index (χ3n) is 1.95. The van der Waals surface area contributed by atoms with E-state index in [0.29, 0.717) is 12.3 Å². The Morgan fingerprint density at radius 2 is 2.08 bits per heavy atom. The molecule has 4 heteroatoms. The number of nitrogens with zero attached hydrogens (tertiary/aromatic N) is 1. The van der Waals surface area contributed by atoms with Gasteiger partial charge in [0, 0.05) is 25.4 Å². The van der Waals surface area contributed by atoms with Gasteiger partial charge in [-0.3, -0.25) is 4.79 Å². The summed E-state index contributed by atoms with van der Waals surface area (Å²) < 4.78 is 0. The Hall–Kier alpha value is -0.220. The molecule has 0 spiro atoms. The van der Waals surface area contributed by atoms with Crippen molar-refractivity contribution >= 4 is 17.7 Å². The highest BCUT2D eigenvalue weighted by Gasteiger charge is 2.16. The molecule has 1 aliphatic heterocycles. The van der Waals surface area contributed by atoms with Crippen molar-refractivity contribution in [3.8, 4) is 0 Å². The molecule has 0 bridgehead atoms. The minimum Gasteiger partial charge on any atom is -0.342 e. The minimum atomic E-state index is 0.283. The number of carbonyl (C=O) groups excluding carboxylic acids is 1. The molecular formula is C8H16N2OS. The zero-order chi connectivity index (χ0) is 8.81. The van der Waals surface area contributed by atoms with Crippen molar-refractivity contribution in [2.45, 2.75) is 12.8 Å². The first-order chi connectivity index (χ1) is 5.84. The van der Waals surface area contributed by atoms with E-state index in [1.165, 1.54) is 12.8 Å². The lowest BCUT2D eigenvalue weighted by Gasteiger charge is -2.14. The number of hydrogen-bond donors (Lipinski definition) is 1. The molecule has 12 heavy (non-hydrogen) atoms. The van der Waals surface area contributed by atoms with Gasteiger partial charge in [-0.2, -0.15) is 11.8 Å². The maximum atomic E-state index is 11.4. The molecule has 0 atom stereocenters. The van der Waals surface area contributed by atoms with Gasteiger partial charge in [0.05, 0.1) is 5.75 Å². The lowest BCUT2D eigenvalue weighted by atomic mass is 10.4. The van der Waals surface area contributed by atoms with E-state index in [-0.39, 0.29) is 5.91 Å². The predicted molar refractivity (Wildman–Crippen MR) is 52.2 cm³/mol. The summed E-state index contributed by atoms with van der Waals surface area (Å²) in [5, 5.41) is 0. The standard InChI is InChI=1S/C8H16N2OS/c9-3-6-12-7-8(11)10-4-1-2-5-10/h1-7,9H2. The average Bonchev–Trinajstić information content (AvgIpc) is 2.56. The first-order valence-corrected chi connectivity index (χ1v) is 5.55. The van der Waals surface area contributed by atoms with E-state index in [2.05, 4.69) is 0 Å². The average molecular weight is 188 g/mol. The van der Waals surface area contributed by atoms with E-state index in [1.54, 1.807) is 11.8 Å². The Morgan fingerprint density at radius 3 is 2.67 bits per heavy atom. The van der Waals surface area contributed by atoms with Crippen molar-refractivity contribution in [1.82, 2.24) is 4.90 Å². The number of likely N-dealkylation sites (tertiary alicyclic amines) is 1. The third kappa shape index (κ3) is 3.03. The summed E-state index contributed by atoms with van der Waals surface area (Å²) in [5.74, 6) is 1.78. The summed E-state index contributed by atoms with van der Waals surface area (Å²) in [6.45, 7) is 2.59. The number of carbonyl (C=O) groups is 1. The summed E-state index contributed by atoms with van der Waals surface area (Å²) in [7, 11) is 0. The molecule has 0 aromatic heterocycles. The Morgan fingerprint density at radius 1 is 1.42 bits per heavy atom. The van der Waals surface area contributed by atoms with Gasteiger partial charge in [0.1, 0.15) is 0 Å². The van der Waals surface area contributed by atoms with Crippen LogP contribution in [0.3, 0.4) is 0 Å². The van der Waals surface area contributed by atoms with Gasteiger partial charge < -0.3 is 10.6 Å². The summed E-state index contributed by atoms with van der Waals surface area (Å²) in [6, 6.07) is 0. The predicted octanol–water partition coefficient (Wildman–Crippen LogP) is 0.301. The molecule has 1 heterocycles. The Balaban J connectivity index is 2.10. The second-order valence-electron chi connectivity index (χ2n) is 2.93. The van der Waals surface area contributed by atoms with Gasteiger partial charge in [0.15, 0.2) is 0 Å². The number of nitrogens with two attached hydrogens (primary N) is 1.